The van der Waals surface area contributed by atoms with E-state index in [1.54, 1.807) is 29.9 Å². The Bertz CT molecular complexity index is 916. The monoisotopic (exact) mass is 408 g/mol. The van der Waals surface area contributed by atoms with Gasteiger partial charge in [-0.1, -0.05) is 0 Å². The molecule has 7 nitrogen and oxygen atoms in total. The van der Waals surface area contributed by atoms with Gasteiger partial charge in [0.15, 0.2) is 0 Å². The van der Waals surface area contributed by atoms with Gasteiger partial charge in [-0.05, 0) is 47.0 Å². The van der Waals surface area contributed by atoms with Crippen LogP contribution >= 0.6 is 11.3 Å². The number of hydrogen-bond donors (Lipinski definition) is 0. The van der Waals surface area contributed by atoms with Crippen LogP contribution in [0.4, 0.5) is 11.8 Å². The molecular formula is C21H24N6OS. The minimum Gasteiger partial charge on any atom is -0.355 e. The van der Waals surface area contributed by atoms with E-state index in [9.17, 15) is 4.79 Å². The summed E-state index contributed by atoms with van der Waals surface area (Å²) in [6.45, 7) is 3.75. The van der Waals surface area contributed by atoms with Gasteiger partial charge in [-0.2, -0.15) is 11.3 Å². The van der Waals surface area contributed by atoms with Gasteiger partial charge in [0.05, 0.1) is 5.56 Å². The van der Waals surface area contributed by atoms with Crippen LogP contribution < -0.4 is 9.80 Å². The zero-order chi connectivity index (χ0) is 20.1. The van der Waals surface area contributed by atoms with Crippen LogP contribution in [0.1, 0.15) is 22.3 Å². The molecule has 0 radical (unpaired) electrons. The lowest BCUT2D eigenvalue weighted by Crippen LogP contribution is -2.35. The molecule has 0 bridgehead atoms. The van der Waals surface area contributed by atoms with Gasteiger partial charge in [0.1, 0.15) is 5.82 Å². The molecular weight excluding hydrogens is 384 g/mol. The summed E-state index contributed by atoms with van der Waals surface area (Å²) in [5.41, 5.74) is 1.89. The number of amides is 1. The lowest BCUT2D eigenvalue weighted by atomic mass is 10.2. The molecule has 3 aromatic rings. The number of pyridine rings is 1. The van der Waals surface area contributed by atoms with Gasteiger partial charge in [-0.3, -0.25) is 4.79 Å². The molecule has 8 heteroatoms. The van der Waals surface area contributed by atoms with Crippen molar-refractivity contribution in [1.82, 2.24) is 19.9 Å². The minimum absolute atomic E-state index is 0.0281. The van der Waals surface area contributed by atoms with E-state index in [0.29, 0.717) is 12.1 Å². The molecule has 0 saturated carbocycles. The van der Waals surface area contributed by atoms with Crippen molar-refractivity contribution < 1.29 is 4.79 Å². The number of aromatic nitrogens is 3. The third kappa shape index (κ3) is 4.71. The average molecular weight is 409 g/mol. The van der Waals surface area contributed by atoms with Crippen molar-refractivity contribution >= 4 is 29.0 Å². The Balaban J connectivity index is 1.37. The smallest absolute Gasteiger partial charge is 0.255 e. The summed E-state index contributed by atoms with van der Waals surface area (Å²) in [6.07, 6.45) is 6.07. The van der Waals surface area contributed by atoms with E-state index in [-0.39, 0.29) is 5.91 Å². The first-order chi connectivity index (χ1) is 14.2. The van der Waals surface area contributed by atoms with Crippen LogP contribution in [0.3, 0.4) is 0 Å². The molecule has 1 saturated heterocycles. The van der Waals surface area contributed by atoms with Crippen molar-refractivity contribution in [3.05, 3.63) is 64.7 Å². The van der Waals surface area contributed by atoms with Gasteiger partial charge in [0.25, 0.3) is 5.91 Å². The second-order valence-corrected chi connectivity index (χ2v) is 7.85. The molecule has 0 atom stereocenters. The van der Waals surface area contributed by atoms with Gasteiger partial charge in [-0.25, -0.2) is 15.0 Å². The number of thiophene rings is 1. The summed E-state index contributed by atoms with van der Waals surface area (Å²) >= 11 is 1.69. The van der Waals surface area contributed by atoms with E-state index in [2.05, 4.69) is 41.6 Å². The minimum atomic E-state index is 0.0281. The molecule has 4 heterocycles. The lowest BCUT2D eigenvalue weighted by Gasteiger charge is -2.22. The van der Waals surface area contributed by atoms with Gasteiger partial charge in [0.2, 0.25) is 5.95 Å². The first-order valence-electron chi connectivity index (χ1n) is 9.70. The van der Waals surface area contributed by atoms with E-state index >= 15 is 0 Å². The highest BCUT2D eigenvalue weighted by Gasteiger charge is 2.21. The van der Waals surface area contributed by atoms with Crippen molar-refractivity contribution in [1.29, 1.82) is 0 Å². The van der Waals surface area contributed by atoms with E-state index in [0.717, 1.165) is 44.4 Å². The fourth-order valence-corrected chi connectivity index (χ4v) is 4.09. The maximum Gasteiger partial charge on any atom is 0.255 e. The molecule has 29 heavy (non-hydrogen) atoms. The summed E-state index contributed by atoms with van der Waals surface area (Å²) in [5, 5.41) is 4.21. The summed E-state index contributed by atoms with van der Waals surface area (Å²) < 4.78 is 0. The predicted octanol–water partition coefficient (Wildman–Crippen LogP) is 2.92. The van der Waals surface area contributed by atoms with Crippen LogP contribution in [0.15, 0.2) is 53.6 Å². The predicted molar refractivity (Wildman–Crippen MR) is 115 cm³/mol. The van der Waals surface area contributed by atoms with Crippen molar-refractivity contribution in [2.75, 3.05) is 43.0 Å². The fourth-order valence-electron chi connectivity index (χ4n) is 3.43. The molecule has 0 aliphatic carbocycles. The first-order valence-corrected chi connectivity index (χ1v) is 10.6. The second kappa shape index (κ2) is 9.00. The molecule has 0 N–H and O–H groups in total. The van der Waals surface area contributed by atoms with E-state index in [1.165, 1.54) is 5.56 Å². The third-order valence-corrected chi connectivity index (χ3v) is 5.74. The maximum atomic E-state index is 13.0. The van der Waals surface area contributed by atoms with Gasteiger partial charge < -0.3 is 14.7 Å². The number of nitrogens with zero attached hydrogens (tertiary/aromatic N) is 6. The maximum absolute atomic E-state index is 13.0. The number of rotatable bonds is 5. The van der Waals surface area contributed by atoms with Crippen LogP contribution in [0.5, 0.6) is 0 Å². The summed E-state index contributed by atoms with van der Waals surface area (Å²) in [5.74, 6) is 1.61. The molecule has 3 aromatic heterocycles. The molecule has 1 fully saturated rings. The van der Waals surface area contributed by atoms with Crippen LogP contribution in [-0.2, 0) is 6.54 Å². The SMILES string of the molecule is CN(Cc1ccsc1)c1ccc(C(=O)N2CCCN(c3ncccn3)CC2)cn1. The van der Waals surface area contributed by atoms with Gasteiger partial charge >= 0.3 is 0 Å². The lowest BCUT2D eigenvalue weighted by molar-refractivity contribution is 0.0766. The molecule has 0 unspecified atom stereocenters. The molecule has 1 amide bonds. The normalized spacial score (nSPS) is 14.5. The van der Waals surface area contributed by atoms with Crippen molar-refractivity contribution in [3.63, 3.8) is 0 Å². The van der Waals surface area contributed by atoms with E-state index in [1.807, 2.05) is 30.1 Å². The Morgan fingerprint density at radius 2 is 1.97 bits per heavy atom. The number of anilines is 2. The number of hydrogen-bond acceptors (Lipinski definition) is 7. The fraction of sp³-hybridized carbons (Fsp3) is 0.333. The standard InChI is InChI=1S/C21H24N6OS/c1-25(15-17-6-13-29-16-17)19-5-4-18(14-24-19)20(28)26-9-3-10-27(12-11-26)21-22-7-2-8-23-21/h2,4-8,13-14,16H,3,9-12,15H2,1H3. The van der Waals surface area contributed by atoms with Crippen LogP contribution in [0.25, 0.3) is 0 Å². The quantitative estimate of drug-likeness (QED) is 0.647. The van der Waals surface area contributed by atoms with E-state index < -0.39 is 0 Å². The molecule has 1 aliphatic rings. The van der Waals surface area contributed by atoms with Crippen molar-refractivity contribution in [3.8, 4) is 0 Å². The molecule has 4 rings (SSSR count). The van der Waals surface area contributed by atoms with E-state index in [4.69, 9.17) is 0 Å². The third-order valence-electron chi connectivity index (χ3n) is 5.00. The Hall–Kier alpha value is -3.00. The Morgan fingerprint density at radius 1 is 1.10 bits per heavy atom. The highest BCUT2D eigenvalue weighted by molar-refractivity contribution is 7.07. The summed E-state index contributed by atoms with van der Waals surface area (Å²) in [6, 6.07) is 7.72. The van der Waals surface area contributed by atoms with Crippen molar-refractivity contribution in [2.45, 2.75) is 13.0 Å². The van der Waals surface area contributed by atoms with Gasteiger partial charge in [0, 0.05) is 58.4 Å². The largest absolute Gasteiger partial charge is 0.355 e. The average Bonchev–Trinajstić information content (AvgIpc) is 3.15. The molecule has 0 aromatic carbocycles. The van der Waals surface area contributed by atoms with Crippen LogP contribution in [0.2, 0.25) is 0 Å². The topological polar surface area (TPSA) is 65.5 Å². The highest BCUT2D eigenvalue weighted by Crippen LogP contribution is 2.17. The Morgan fingerprint density at radius 3 is 2.69 bits per heavy atom. The Kier molecular flexibility index (Phi) is 6.00. The van der Waals surface area contributed by atoms with Crippen molar-refractivity contribution in [2.24, 2.45) is 0 Å². The highest BCUT2D eigenvalue weighted by atomic mass is 32.1. The summed E-state index contributed by atoms with van der Waals surface area (Å²) in [4.78, 5) is 32.2. The van der Waals surface area contributed by atoms with Crippen LogP contribution in [-0.4, -0.2) is 59.0 Å². The molecule has 150 valence electrons. The zero-order valence-electron chi connectivity index (χ0n) is 16.4. The molecule has 0 spiro atoms. The first kappa shape index (κ1) is 19.3. The second-order valence-electron chi connectivity index (χ2n) is 7.07. The molecule has 1 aliphatic heterocycles. The Labute approximate surface area is 174 Å². The summed E-state index contributed by atoms with van der Waals surface area (Å²) in [7, 11) is 2.01. The zero-order valence-corrected chi connectivity index (χ0v) is 17.3. The number of carbonyl (C=O) groups is 1. The van der Waals surface area contributed by atoms with Crippen LogP contribution in [0, 0.1) is 0 Å². The number of carbonyl (C=O) groups excluding carboxylic acids is 1. The van der Waals surface area contributed by atoms with Gasteiger partial charge in [-0.15, -0.1) is 0 Å².